The van der Waals surface area contributed by atoms with Crippen LogP contribution < -0.4 is 5.32 Å². The zero-order valence-corrected chi connectivity index (χ0v) is 12.0. The van der Waals surface area contributed by atoms with E-state index < -0.39 is 0 Å². The summed E-state index contributed by atoms with van der Waals surface area (Å²) in [4.78, 5) is 14.2. The highest BCUT2D eigenvalue weighted by Crippen LogP contribution is 2.14. The highest BCUT2D eigenvalue weighted by molar-refractivity contribution is 5.78. The van der Waals surface area contributed by atoms with Crippen molar-refractivity contribution in [2.24, 2.45) is 5.92 Å². The first kappa shape index (κ1) is 14.1. The third-order valence-electron chi connectivity index (χ3n) is 3.68. The Morgan fingerprint density at radius 1 is 1.47 bits per heavy atom. The van der Waals surface area contributed by atoms with E-state index in [2.05, 4.69) is 42.3 Å². The molecule has 1 aliphatic heterocycles. The third kappa shape index (κ3) is 4.67. The monoisotopic (exact) mass is 260 g/mol. The first-order valence-electron chi connectivity index (χ1n) is 7.18. The maximum atomic E-state index is 11.9. The first-order chi connectivity index (χ1) is 9.13. The van der Waals surface area contributed by atoms with Crippen LogP contribution in [0.5, 0.6) is 0 Å². The zero-order valence-electron chi connectivity index (χ0n) is 12.0. The van der Waals surface area contributed by atoms with Gasteiger partial charge in [-0.05, 0) is 37.8 Å². The predicted molar refractivity (Wildman–Crippen MR) is 77.9 cm³/mol. The molecule has 1 N–H and O–H groups in total. The highest BCUT2D eigenvalue weighted by atomic mass is 16.2. The molecule has 0 aromatic heterocycles. The van der Waals surface area contributed by atoms with Crippen LogP contribution in [0.2, 0.25) is 0 Å². The quantitative estimate of drug-likeness (QED) is 0.901. The number of amides is 1. The Morgan fingerprint density at radius 2 is 2.32 bits per heavy atom. The fourth-order valence-electron chi connectivity index (χ4n) is 2.71. The van der Waals surface area contributed by atoms with Crippen molar-refractivity contribution in [2.45, 2.75) is 33.2 Å². The molecule has 104 valence electrons. The summed E-state index contributed by atoms with van der Waals surface area (Å²) in [6.07, 6.45) is 2.51. The van der Waals surface area contributed by atoms with Gasteiger partial charge in [-0.2, -0.15) is 0 Å². The molecule has 3 heteroatoms. The van der Waals surface area contributed by atoms with Crippen LogP contribution in [0.4, 0.5) is 0 Å². The van der Waals surface area contributed by atoms with Crippen molar-refractivity contribution in [1.29, 1.82) is 0 Å². The number of nitrogens with zero attached hydrogens (tertiary/aromatic N) is 1. The van der Waals surface area contributed by atoms with E-state index in [9.17, 15) is 4.79 Å². The van der Waals surface area contributed by atoms with E-state index >= 15 is 0 Å². The van der Waals surface area contributed by atoms with E-state index in [1.165, 1.54) is 24.0 Å². The molecule has 1 heterocycles. The molecule has 1 aromatic rings. The molecular weight excluding hydrogens is 236 g/mol. The van der Waals surface area contributed by atoms with Crippen molar-refractivity contribution in [1.82, 2.24) is 10.2 Å². The van der Waals surface area contributed by atoms with Gasteiger partial charge in [-0.1, -0.05) is 36.8 Å². The minimum atomic E-state index is 0.135. The summed E-state index contributed by atoms with van der Waals surface area (Å²) < 4.78 is 0. The molecular formula is C16H24N2O. The van der Waals surface area contributed by atoms with Crippen LogP contribution in [0, 0.1) is 12.8 Å². The first-order valence-corrected chi connectivity index (χ1v) is 7.18. The van der Waals surface area contributed by atoms with Crippen molar-refractivity contribution in [2.75, 3.05) is 19.6 Å². The Bertz CT molecular complexity index is 431. The van der Waals surface area contributed by atoms with E-state index in [0.717, 1.165) is 19.0 Å². The smallest absolute Gasteiger partial charge is 0.234 e. The van der Waals surface area contributed by atoms with E-state index in [1.54, 1.807) is 0 Å². The molecule has 2 rings (SSSR count). The molecule has 0 spiro atoms. The maximum Gasteiger partial charge on any atom is 0.234 e. The van der Waals surface area contributed by atoms with Crippen molar-refractivity contribution < 1.29 is 4.79 Å². The molecule has 0 radical (unpaired) electrons. The minimum Gasteiger partial charge on any atom is -0.351 e. The van der Waals surface area contributed by atoms with Crippen molar-refractivity contribution >= 4 is 5.91 Å². The summed E-state index contributed by atoms with van der Waals surface area (Å²) in [5.41, 5.74) is 2.40. The predicted octanol–water partition coefficient (Wildman–Crippen LogP) is 2.34. The molecule has 1 aliphatic rings. The lowest BCUT2D eigenvalue weighted by Crippen LogP contribution is -2.41. The largest absolute Gasteiger partial charge is 0.351 e. The molecule has 19 heavy (non-hydrogen) atoms. The number of aryl methyl sites for hydroxylation is 1. The van der Waals surface area contributed by atoms with E-state index in [1.807, 2.05) is 6.07 Å². The molecule has 1 atom stereocenters. The third-order valence-corrected chi connectivity index (χ3v) is 3.68. The van der Waals surface area contributed by atoms with Gasteiger partial charge in [0, 0.05) is 13.1 Å². The average Bonchev–Trinajstić information content (AvgIpc) is 2.36. The number of benzene rings is 1. The molecule has 1 unspecified atom stereocenters. The average molecular weight is 260 g/mol. The van der Waals surface area contributed by atoms with Gasteiger partial charge in [-0.15, -0.1) is 0 Å². The second kappa shape index (κ2) is 6.71. The van der Waals surface area contributed by atoms with E-state index in [-0.39, 0.29) is 5.91 Å². The summed E-state index contributed by atoms with van der Waals surface area (Å²) in [6, 6.07) is 8.27. The van der Waals surface area contributed by atoms with Crippen molar-refractivity contribution in [3.05, 3.63) is 35.4 Å². The Morgan fingerprint density at radius 3 is 3.05 bits per heavy atom. The van der Waals surface area contributed by atoms with Crippen molar-refractivity contribution in [3.63, 3.8) is 0 Å². The number of likely N-dealkylation sites (tertiary alicyclic amines) is 1. The molecule has 0 bridgehead atoms. The lowest BCUT2D eigenvalue weighted by Gasteiger charge is -2.30. The van der Waals surface area contributed by atoms with Crippen LogP contribution in [0.3, 0.4) is 0 Å². The van der Waals surface area contributed by atoms with Gasteiger partial charge in [-0.25, -0.2) is 0 Å². The second-order valence-electron chi connectivity index (χ2n) is 5.75. The highest BCUT2D eigenvalue weighted by Gasteiger charge is 2.18. The Labute approximate surface area is 116 Å². The number of rotatable bonds is 4. The number of piperidine rings is 1. The Hall–Kier alpha value is -1.35. The van der Waals surface area contributed by atoms with Crippen LogP contribution in [0.15, 0.2) is 24.3 Å². The summed E-state index contributed by atoms with van der Waals surface area (Å²) in [7, 11) is 0. The van der Waals surface area contributed by atoms with Gasteiger partial charge in [0.25, 0.3) is 0 Å². The van der Waals surface area contributed by atoms with Crippen LogP contribution in [-0.2, 0) is 11.3 Å². The van der Waals surface area contributed by atoms with Gasteiger partial charge in [-0.3, -0.25) is 9.69 Å². The van der Waals surface area contributed by atoms with Gasteiger partial charge in [0.15, 0.2) is 0 Å². The van der Waals surface area contributed by atoms with Gasteiger partial charge in [0.1, 0.15) is 0 Å². The number of hydrogen-bond donors (Lipinski definition) is 1. The fraction of sp³-hybridized carbons (Fsp3) is 0.562. The number of carbonyl (C=O) groups is 1. The van der Waals surface area contributed by atoms with Crippen molar-refractivity contribution in [3.8, 4) is 0 Å². The number of hydrogen-bond acceptors (Lipinski definition) is 2. The maximum absolute atomic E-state index is 11.9. The lowest BCUT2D eigenvalue weighted by atomic mass is 10.0. The van der Waals surface area contributed by atoms with Crippen LogP contribution in [0.25, 0.3) is 0 Å². The van der Waals surface area contributed by atoms with Gasteiger partial charge >= 0.3 is 0 Å². The normalized spacial score (nSPS) is 20.2. The van der Waals surface area contributed by atoms with E-state index in [0.29, 0.717) is 13.1 Å². The summed E-state index contributed by atoms with van der Waals surface area (Å²) in [5.74, 6) is 0.855. The molecule has 3 nitrogen and oxygen atoms in total. The summed E-state index contributed by atoms with van der Waals surface area (Å²) in [5, 5.41) is 3.01. The van der Waals surface area contributed by atoms with Crippen LogP contribution in [-0.4, -0.2) is 30.4 Å². The topological polar surface area (TPSA) is 32.3 Å². The molecule has 0 saturated carbocycles. The number of nitrogens with one attached hydrogen (secondary N) is 1. The standard InChI is InChI=1S/C16H24N2O/c1-13-5-3-7-15(9-13)10-17-16(19)12-18-8-4-6-14(2)11-18/h3,5,7,9,14H,4,6,8,10-12H2,1-2H3,(H,17,19). The van der Waals surface area contributed by atoms with Gasteiger partial charge in [0.2, 0.25) is 5.91 Å². The van der Waals surface area contributed by atoms with Gasteiger partial charge in [0.05, 0.1) is 6.54 Å². The van der Waals surface area contributed by atoms with E-state index in [4.69, 9.17) is 0 Å². The van der Waals surface area contributed by atoms with Gasteiger partial charge < -0.3 is 5.32 Å². The molecule has 0 aliphatic carbocycles. The fourth-order valence-corrected chi connectivity index (χ4v) is 2.71. The Kier molecular flexibility index (Phi) is 4.97. The second-order valence-corrected chi connectivity index (χ2v) is 5.75. The minimum absolute atomic E-state index is 0.135. The number of carbonyl (C=O) groups excluding carboxylic acids is 1. The van der Waals surface area contributed by atoms with Crippen LogP contribution in [0.1, 0.15) is 30.9 Å². The molecule has 1 fully saturated rings. The molecule has 1 aromatic carbocycles. The zero-order chi connectivity index (χ0) is 13.7. The summed E-state index contributed by atoms with van der Waals surface area (Å²) >= 11 is 0. The van der Waals surface area contributed by atoms with Crippen LogP contribution >= 0.6 is 0 Å². The Balaban J connectivity index is 1.75. The lowest BCUT2D eigenvalue weighted by molar-refractivity contribution is -0.122. The SMILES string of the molecule is Cc1cccc(CNC(=O)CN2CCCC(C)C2)c1. The molecule has 1 saturated heterocycles. The molecule has 1 amide bonds. The summed E-state index contributed by atoms with van der Waals surface area (Å²) in [6.45, 7) is 7.61.